The average molecular weight is 252 g/mol. The molecule has 3 rings (SSSR count). The van der Waals surface area contributed by atoms with E-state index in [1.54, 1.807) is 12.3 Å². The van der Waals surface area contributed by atoms with E-state index in [1.807, 2.05) is 25.1 Å². The van der Waals surface area contributed by atoms with Crippen LogP contribution in [-0.4, -0.2) is 9.97 Å². The maximum Gasteiger partial charge on any atom is 0.126 e. The van der Waals surface area contributed by atoms with Gasteiger partial charge in [-0.05, 0) is 37.8 Å². The molecule has 1 aromatic carbocycles. The van der Waals surface area contributed by atoms with Crippen LogP contribution < -0.4 is 5.73 Å². The van der Waals surface area contributed by atoms with Gasteiger partial charge in [0.05, 0.1) is 29.1 Å². The molecule has 0 radical (unpaired) electrons. The molecule has 0 saturated heterocycles. The van der Waals surface area contributed by atoms with Crippen LogP contribution in [0.2, 0.25) is 0 Å². The fraction of sp³-hybridized carbons (Fsp3) is 0.333. The molecule has 1 fully saturated rings. The highest BCUT2D eigenvalue weighted by molar-refractivity contribution is 5.61. The molecule has 4 nitrogen and oxygen atoms in total. The zero-order chi connectivity index (χ0) is 13.5. The predicted octanol–water partition coefficient (Wildman–Crippen LogP) is 2.53. The first-order chi connectivity index (χ1) is 9.11. The zero-order valence-electron chi connectivity index (χ0n) is 10.9. The molecule has 1 atom stereocenters. The number of nitrogens with one attached hydrogen (secondary N) is 1. The quantitative estimate of drug-likeness (QED) is 0.881. The SMILES string of the molecule is CC(N)(c1ncc(-c2cccc(C#N)c2)[nH]1)C1CC1. The Kier molecular flexibility index (Phi) is 2.65. The fourth-order valence-electron chi connectivity index (χ4n) is 2.37. The van der Waals surface area contributed by atoms with Gasteiger partial charge in [0, 0.05) is 5.56 Å². The summed E-state index contributed by atoms with van der Waals surface area (Å²) in [5, 5.41) is 8.93. The number of H-pyrrole nitrogens is 1. The molecule has 0 spiro atoms. The third-order valence-electron chi connectivity index (χ3n) is 3.81. The number of imidazole rings is 1. The summed E-state index contributed by atoms with van der Waals surface area (Å²) in [6, 6.07) is 9.62. The minimum absolute atomic E-state index is 0.384. The summed E-state index contributed by atoms with van der Waals surface area (Å²) in [6.45, 7) is 2.03. The first-order valence-corrected chi connectivity index (χ1v) is 6.46. The lowest BCUT2D eigenvalue weighted by molar-refractivity contribution is 0.404. The monoisotopic (exact) mass is 252 g/mol. The largest absolute Gasteiger partial charge is 0.340 e. The van der Waals surface area contributed by atoms with E-state index in [-0.39, 0.29) is 5.54 Å². The minimum Gasteiger partial charge on any atom is -0.340 e. The molecule has 0 amide bonds. The highest BCUT2D eigenvalue weighted by Crippen LogP contribution is 2.43. The van der Waals surface area contributed by atoms with Crippen molar-refractivity contribution in [3.8, 4) is 17.3 Å². The molecule has 4 heteroatoms. The van der Waals surface area contributed by atoms with Crippen LogP contribution in [-0.2, 0) is 5.54 Å². The molecule has 0 bridgehead atoms. The van der Waals surface area contributed by atoms with Gasteiger partial charge in [0.15, 0.2) is 0 Å². The molecule has 2 aromatic rings. The van der Waals surface area contributed by atoms with Crippen LogP contribution in [0.5, 0.6) is 0 Å². The van der Waals surface area contributed by atoms with E-state index in [0.29, 0.717) is 11.5 Å². The van der Waals surface area contributed by atoms with Gasteiger partial charge in [0.25, 0.3) is 0 Å². The first kappa shape index (κ1) is 11.9. The number of nitrogens with zero attached hydrogens (tertiary/aromatic N) is 2. The van der Waals surface area contributed by atoms with Crippen molar-refractivity contribution in [3.63, 3.8) is 0 Å². The molecular weight excluding hydrogens is 236 g/mol. The van der Waals surface area contributed by atoms with Crippen LogP contribution in [0.15, 0.2) is 30.5 Å². The van der Waals surface area contributed by atoms with Crippen LogP contribution in [0.25, 0.3) is 11.3 Å². The van der Waals surface area contributed by atoms with Crippen LogP contribution in [0.3, 0.4) is 0 Å². The number of rotatable bonds is 3. The Balaban J connectivity index is 1.94. The second-order valence-corrected chi connectivity index (χ2v) is 5.40. The lowest BCUT2D eigenvalue weighted by Gasteiger charge is -2.21. The van der Waals surface area contributed by atoms with Gasteiger partial charge in [-0.1, -0.05) is 12.1 Å². The lowest BCUT2D eigenvalue weighted by atomic mass is 9.97. The molecule has 1 heterocycles. The minimum atomic E-state index is -0.384. The second-order valence-electron chi connectivity index (χ2n) is 5.40. The summed E-state index contributed by atoms with van der Waals surface area (Å²) in [4.78, 5) is 7.71. The summed E-state index contributed by atoms with van der Waals surface area (Å²) in [6.07, 6.45) is 4.14. The molecule has 0 aliphatic heterocycles. The number of nitrogens with two attached hydrogens (primary N) is 1. The van der Waals surface area contributed by atoms with E-state index >= 15 is 0 Å². The van der Waals surface area contributed by atoms with Crippen molar-refractivity contribution in [1.29, 1.82) is 5.26 Å². The van der Waals surface area contributed by atoms with Crippen molar-refractivity contribution < 1.29 is 0 Å². The molecule has 1 aromatic heterocycles. The van der Waals surface area contributed by atoms with E-state index in [1.165, 1.54) is 12.8 Å². The summed E-state index contributed by atoms with van der Waals surface area (Å²) in [7, 11) is 0. The molecule has 1 aliphatic rings. The van der Waals surface area contributed by atoms with E-state index < -0.39 is 0 Å². The van der Waals surface area contributed by atoms with Crippen LogP contribution in [0.1, 0.15) is 31.2 Å². The fourth-order valence-corrected chi connectivity index (χ4v) is 2.37. The van der Waals surface area contributed by atoms with Gasteiger partial charge in [-0.3, -0.25) is 0 Å². The predicted molar refractivity (Wildman–Crippen MR) is 73.0 cm³/mol. The first-order valence-electron chi connectivity index (χ1n) is 6.46. The highest BCUT2D eigenvalue weighted by atomic mass is 15.0. The Morgan fingerprint density at radius 2 is 2.26 bits per heavy atom. The standard InChI is InChI=1S/C15H16N4/c1-15(17,12-5-6-12)14-18-9-13(19-14)11-4-2-3-10(7-11)8-16/h2-4,7,9,12H,5-6,17H2,1H3,(H,18,19). The van der Waals surface area contributed by atoms with E-state index in [4.69, 9.17) is 11.0 Å². The molecule has 96 valence electrons. The molecule has 1 saturated carbocycles. The summed E-state index contributed by atoms with van der Waals surface area (Å²) in [5.41, 5.74) is 8.47. The Labute approximate surface area is 112 Å². The molecule has 1 unspecified atom stereocenters. The van der Waals surface area contributed by atoms with E-state index in [9.17, 15) is 0 Å². The average Bonchev–Trinajstić information content (AvgIpc) is 3.17. The highest BCUT2D eigenvalue weighted by Gasteiger charge is 2.41. The zero-order valence-corrected chi connectivity index (χ0v) is 10.9. The summed E-state index contributed by atoms with van der Waals surface area (Å²) >= 11 is 0. The lowest BCUT2D eigenvalue weighted by Crippen LogP contribution is -2.36. The maximum absolute atomic E-state index is 8.93. The van der Waals surface area contributed by atoms with Gasteiger partial charge in [0.2, 0.25) is 0 Å². The Bertz CT molecular complexity index is 644. The van der Waals surface area contributed by atoms with Crippen molar-refractivity contribution >= 4 is 0 Å². The van der Waals surface area contributed by atoms with Crippen LogP contribution in [0.4, 0.5) is 0 Å². The van der Waals surface area contributed by atoms with Gasteiger partial charge in [0.1, 0.15) is 5.82 Å². The van der Waals surface area contributed by atoms with E-state index in [2.05, 4.69) is 16.0 Å². The smallest absolute Gasteiger partial charge is 0.126 e. The number of nitriles is 1. The number of aromatic amines is 1. The van der Waals surface area contributed by atoms with Gasteiger partial charge in [-0.2, -0.15) is 5.26 Å². The van der Waals surface area contributed by atoms with Crippen molar-refractivity contribution in [2.24, 2.45) is 11.7 Å². The van der Waals surface area contributed by atoms with Crippen molar-refractivity contribution in [2.45, 2.75) is 25.3 Å². The number of hydrogen-bond acceptors (Lipinski definition) is 3. The number of hydrogen-bond donors (Lipinski definition) is 2. The number of aromatic nitrogens is 2. The second kappa shape index (κ2) is 4.22. The van der Waals surface area contributed by atoms with Crippen LogP contribution >= 0.6 is 0 Å². The van der Waals surface area contributed by atoms with Gasteiger partial charge in [-0.15, -0.1) is 0 Å². The molecular formula is C15H16N4. The summed E-state index contributed by atoms with van der Waals surface area (Å²) in [5.74, 6) is 1.35. The topological polar surface area (TPSA) is 78.5 Å². The van der Waals surface area contributed by atoms with Crippen molar-refractivity contribution in [3.05, 3.63) is 41.9 Å². The normalized spacial score (nSPS) is 17.7. The Hall–Kier alpha value is -2.12. The third kappa shape index (κ3) is 2.13. The van der Waals surface area contributed by atoms with Gasteiger partial charge in [-0.25, -0.2) is 4.98 Å². The van der Waals surface area contributed by atoms with Gasteiger partial charge < -0.3 is 10.7 Å². The Morgan fingerprint density at radius 1 is 1.47 bits per heavy atom. The van der Waals surface area contributed by atoms with Crippen LogP contribution in [0, 0.1) is 17.2 Å². The summed E-state index contributed by atoms with van der Waals surface area (Å²) < 4.78 is 0. The number of benzene rings is 1. The Morgan fingerprint density at radius 3 is 2.95 bits per heavy atom. The van der Waals surface area contributed by atoms with Gasteiger partial charge >= 0.3 is 0 Å². The molecule has 3 N–H and O–H groups in total. The maximum atomic E-state index is 8.93. The van der Waals surface area contributed by atoms with E-state index in [0.717, 1.165) is 17.1 Å². The molecule has 1 aliphatic carbocycles. The van der Waals surface area contributed by atoms with Crippen molar-refractivity contribution in [2.75, 3.05) is 0 Å². The third-order valence-corrected chi connectivity index (χ3v) is 3.81. The van der Waals surface area contributed by atoms with Crippen molar-refractivity contribution in [1.82, 2.24) is 9.97 Å². The molecule has 19 heavy (non-hydrogen) atoms.